The number of rotatable bonds is 5. The molecule has 2 aromatic heterocycles. The number of hydrogen-bond acceptors (Lipinski definition) is 6. The van der Waals surface area contributed by atoms with Crippen LogP contribution in [0.1, 0.15) is 13.0 Å². The highest BCUT2D eigenvalue weighted by Crippen LogP contribution is 2.23. The minimum Gasteiger partial charge on any atom is -0.497 e. The van der Waals surface area contributed by atoms with Crippen LogP contribution in [0, 0.1) is 0 Å². The van der Waals surface area contributed by atoms with Crippen molar-refractivity contribution in [3.8, 4) is 16.3 Å². The van der Waals surface area contributed by atoms with Gasteiger partial charge in [0.2, 0.25) is 5.91 Å². The Labute approximate surface area is 154 Å². The van der Waals surface area contributed by atoms with Crippen molar-refractivity contribution in [3.05, 3.63) is 58.2 Å². The molecule has 0 aliphatic rings. The van der Waals surface area contributed by atoms with Crippen LogP contribution in [0.2, 0.25) is 0 Å². The lowest BCUT2D eigenvalue weighted by atomic mass is 10.2. The number of aromatic nitrogens is 2. The third-order valence-electron chi connectivity index (χ3n) is 3.84. The molecule has 0 bridgehead atoms. The molecule has 1 atom stereocenters. The third-order valence-corrected chi connectivity index (χ3v) is 4.73. The number of hydrogen-bond donors (Lipinski definition) is 2. The van der Waals surface area contributed by atoms with E-state index >= 15 is 0 Å². The molecule has 8 heteroatoms. The van der Waals surface area contributed by atoms with Crippen LogP contribution in [0.4, 0.5) is 11.4 Å². The number of carbonyl (C=O) groups excluding carboxylic acids is 1. The molecule has 0 spiro atoms. The summed E-state index contributed by atoms with van der Waals surface area (Å²) in [6.45, 7) is 1.60. The fourth-order valence-electron chi connectivity index (χ4n) is 2.37. The second-order valence-electron chi connectivity index (χ2n) is 5.61. The molecule has 0 unspecified atom stereocenters. The Kier molecular flexibility index (Phi) is 5.04. The molecule has 2 heterocycles. The van der Waals surface area contributed by atoms with E-state index in [0.29, 0.717) is 17.1 Å². The number of nitrogens with one attached hydrogen (secondary N) is 1. The van der Waals surface area contributed by atoms with E-state index in [0.717, 1.165) is 9.56 Å². The second kappa shape index (κ2) is 7.40. The SMILES string of the molecule is COc1ccc(NC(=O)[C@H](C)n2nc(-c3cccs3)cc(N)c2=O)cc1. The fraction of sp³-hybridized carbons (Fsp3) is 0.167. The third kappa shape index (κ3) is 3.60. The van der Waals surface area contributed by atoms with Gasteiger partial charge in [0.05, 0.1) is 12.0 Å². The number of benzene rings is 1. The number of methoxy groups -OCH3 is 1. The van der Waals surface area contributed by atoms with E-state index < -0.39 is 11.6 Å². The van der Waals surface area contributed by atoms with Crippen LogP contribution in [-0.4, -0.2) is 22.8 Å². The van der Waals surface area contributed by atoms with Crippen molar-refractivity contribution in [2.45, 2.75) is 13.0 Å². The first-order chi connectivity index (χ1) is 12.5. The molecule has 3 aromatic rings. The number of carbonyl (C=O) groups is 1. The summed E-state index contributed by atoms with van der Waals surface area (Å²) in [6.07, 6.45) is 0. The maximum Gasteiger partial charge on any atom is 0.290 e. The first-order valence-corrected chi connectivity index (χ1v) is 8.75. The highest BCUT2D eigenvalue weighted by atomic mass is 32.1. The zero-order valence-corrected chi connectivity index (χ0v) is 15.1. The highest BCUT2D eigenvalue weighted by Gasteiger charge is 2.20. The van der Waals surface area contributed by atoms with Crippen molar-refractivity contribution in [1.29, 1.82) is 0 Å². The van der Waals surface area contributed by atoms with Crippen LogP contribution < -0.4 is 21.3 Å². The Morgan fingerprint density at radius 3 is 2.65 bits per heavy atom. The summed E-state index contributed by atoms with van der Waals surface area (Å²) in [5.74, 6) is 0.317. The van der Waals surface area contributed by atoms with Gasteiger partial charge in [0.1, 0.15) is 23.2 Å². The average Bonchev–Trinajstić information content (AvgIpc) is 3.18. The Morgan fingerprint density at radius 1 is 1.31 bits per heavy atom. The van der Waals surface area contributed by atoms with Gasteiger partial charge in [0.15, 0.2) is 0 Å². The molecule has 134 valence electrons. The Balaban J connectivity index is 1.87. The molecule has 7 nitrogen and oxygen atoms in total. The summed E-state index contributed by atoms with van der Waals surface area (Å²) in [7, 11) is 1.57. The smallest absolute Gasteiger partial charge is 0.290 e. The molecular formula is C18H18N4O3S. The van der Waals surface area contributed by atoms with E-state index in [1.165, 1.54) is 17.4 Å². The molecule has 0 radical (unpaired) electrons. The summed E-state index contributed by atoms with van der Waals surface area (Å²) in [4.78, 5) is 25.8. The van der Waals surface area contributed by atoms with Gasteiger partial charge in [-0.2, -0.15) is 5.10 Å². The summed E-state index contributed by atoms with van der Waals surface area (Å²) in [6, 6.07) is 11.4. The predicted octanol–water partition coefficient (Wildman–Crippen LogP) is 2.76. The molecule has 0 aliphatic heterocycles. The number of thiophene rings is 1. The predicted molar refractivity (Wildman–Crippen MR) is 103 cm³/mol. The number of amides is 1. The standard InChI is InChI=1S/C18H18N4O3S/c1-11(17(23)20-12-5-7-13(25-2)8-6-12)22-18(24)14(19)10-15(21-22)16-4-3-9-26-16/h3-11H,19H2,1-2H3,(H,20,23)/t11-/m0/s1. The van der Waals surface area contributed by atoms with Gasteiger partial charge in [-0.25, -0.2) is 4.68 Å². The number of anilines is 2. The molecule has 0 saturated carbocycles. The van der Waals surface area contributed by atoms with E-state index in [9.17, 15) is 9.59 Å². The fourth-order valence-corrected chi connectivity index (χ4v) is 3.05. The first-order valence-electron chi connectivity index (χ1n) is 7.87. The van der Waals surface area contributed by atoms with Crippen molar-refractivity contribution in [2.75, 3.05) is 18.2 Å². The van der Waals surface area contributed by atoms with Gasteiger partial charge >= 0.3 is 0 Å². The average molecular weight is 370 g/mol. The molecular weight excluding hydrogens is 352 g/mol. The van der Waals surface area contributed by atoms with Gasteiger partial charge in [0, 0.05) is 5.69 Å². The van der Waals surface area contributed by atoms with Crippen molar-refractivity contribution < 1.29 is 9.53 Å². The van der Waals surface area contributed by atoms with Crippen LogP contribution in [0.25, 0.3) is 10.6 Å². The molecule has 1 amide bonds. The van der Waals surface area contributed by atoms with E-state index in [4.69, 9.17) is 10.5 Å². The van der Waals surface area contributed by atoms with Crippen LogP contribution in [0.15, 0.2) is 52.6 Å². The Hall–Kier alpha value is -3.13. The van der Waals surface area contributed by atoms with Gasteiger partial charge in [0.25, 0.3) is 5.56 Å². The topological polar surface area (TPSA) is 99.2 Å². The lowest BCUT2D eigenvalue weighted by Gasteiger charge is -2.15. The molecule has 0 aliphatic carbocycles. The van der Waals surface area contributed by atoms with E-state index in [1.54, 1.807) is 38.3 Å². The van der Waals surface area contributed by atoms with Gasteiger partial charge in [-0.15, -0.1) is 11.3 Å². The minimum absolute atomic E-state index is 0.0486. The van der Waals surface area contributed by atoms with E-state index in [1.807, 2.05) is 17.5 Å². The Bertz CT molecular complexity index is 965. The molecule has 26 heavy (non-hydrogen) atoms. The number of ether oxygens (including phenoxy) is 1. The lowest BCUT2D eigenvalue weighted by Crippen LogP contribution is -2.34. The maximum absolute atomic E-state index is 12.5. The maximum atomic E-state index is 12.5. The lowest BCUT2D eigenvalue weighted by molar-refractivity contribution is -0.119. The van der Waals surface area contributed by atoms with Gasteiger partial charge in [-0.3, -0.25) is 9.59 Å². The Morgan fingerprint density at radius 2 is 2.04 bits per heavy atom. The highest BCUT2D eigenvalue weighted by molar-refractivity contribution is 7.13. The van der Waals surface area contributed by atoms with Crippen LogP contribution in [0.5, 0.6) is 5.75 Å². The molecule has 3 rings (SSSR count). The summed E-state index contributed by atoms with van der Waals surface area (Å²) in [5.41, 5.74) is 6.54. The first kappa shape index (κ1) is 17.7. The van der Waals surface area contributed by atoms with Gasteiger partial charge in [-0.05, 0) is 48.7 Å². The summed E-state index contributed by atoms with van der Waals surface area (Å²) in [5, 5.41) is 8.98. The largest absolute Gasteiger partial charge is 0.497 e. The van der Waals surface area contributed by atoms with Crippen LogP contribution in [-0.2, 0) is 4.79 Å². The molecule has 1 aromatic carbocycles. The second-order valence-corrected chi connectivity index (χ2v) is 6.55. The van der Waals surface area contributed by atoms with Gasteiger partial charge < -0.3 is 15.8 Å². The van der Waals surface area contributed by atoms with Crippen molar-refractivity contribution in [3.63, 3.8) is 0 Å². The number of nitrogen functional groups attached to an aromatic ring is 1. The summed E-state index contributed by atoms with van der Waals surface area (Å²) < 4.78 is 6.20. The number of nitrogens with zero attached hydrogens (tertiary/aromatic N) is 2. The van der Waals surface area contributed by atoms with Crippen LogP contribution in [0.3, 0.4) is 0 Å². The minimum atomic E-state index is -0.827. The zero-order chi connectivity index (χ0) is 18.7. The van der Waals surface area contributed by atoms with Crippen molar-refractivity contribution in [2.24, 2.45) is 0 Å². The van der Waals surface area contributed by atoms with Crippen LogP contribution >= 0.6 is 11.3 Å². The zero-order valence-electron chi connectivity index (χ0n) is 14.3. The molecule has 3 N–H and O–H groups in total. The van der Waals surface area contributed by atoms with Gasteiger partial charge in [-0.1, -0.05) is 6.07 Å². The van der Waals surface area contributed by atoms with E-state index in [2.05, 4.69) is 10.4 Å². The number of nitrogens with two attached hydrogens (primary N) is 1. The van der Waals surface area contributed by atoms with Crippen molar-refractivity contribution >= 4 is 28.6 Å². The molecule has 0 fully saturated rings. The monoisotopic (exact) mass is 370 g/mol. The van der Waals surface area contributed by atoms with E-state index in [-0.39, 0.29) is 11.6 Å². The summed E-state index contributed by atoms with van der Waals surface area (Å²) >= 11 is 1.48. The molecule has 0 saturated heterocycles. The quantitative estimate of drug-likeness (QED) is 0.719. The van der Waals surface area contributed by atoms with Crippen molar-refractivity contribution in [1.82, 2.24) is 9.78 Å². The normalized spacial score (nSPS) is 11.8.